The number of alkyl halides is 1. The zero-order valence-electron chi connectivity index (χ0n) is 47.6. The van der Waals surface area contributed by atoms with Crippen LogP contribution in [0.3, 0.4) is 0 Å². The van der Waals surface area contributed by atoms with Gasteiger partial charge in [0.15, 0.2) is 5.82 Å². The molecule has 4 aliphatic heterocycles. The first-order valence-corrected chi connectivity index (χ1v) is 30.6. The van der Waals surface area contributed by atoms with Gasteiger partial charge in [-0.05, 0) is 98.4 Å². The Morgan fingerprint density at radius 3 is 2.27 bits per heavy atom. The summed E-state index contributed by atoms with van der Waals surface area (Å²) in [5.41, 5.74) is 6.22. The van der Waals surface area contributed by atoms with E-state index < -0.39 is 69.6 Å². The Morgan fingerprint density at radius 1 is 0.905 bits per heavy atom. The molecule has 4 saturated heterocycles. The molecule has 0 bridgehead atoms. The number of thiazole rings is 1. The number of piperidine rings is 1. The minimum atomic E-state index is -2.83. The number of anilines is 2. The molecular weight excluding hydrogens is 1120 g/mol. The molecule has 4 N–H and O–H groups in total. The summed E-state index contributed by atoms with van der Waals surface area (Å²) in [4.78, 5) is 64.7. The number of hydrogen-bond acceptors (Lipinski definition) is 14. The number of aromatic nitrogens is 4. The van der Waals surface area contributed by atoms with Gasteiger partial charge in [0, 0.05) is 113 Å². The van der Waals surface area contributed by atoms with Crippen LogP contribution >= 0.6 is 11.3 Å². The Bertz CT molecular complexity index is 3550. The molecule has 84 heavy (non-hydrogen) atoms. The SMILES string of the molecule is Cc1cc([C@@H](C(=O)N2C[C@H](O)C[C@H]2C(=O)N[C@@H](C)c2ccc(-c3scnc3C)cc2)C(C)(C)CN2CCN(CC3CCN(c4ccc(-c5cnc6[nH]cc(C(=O)c7c(F)ccc(N(N8CC[C@@H](F)C8)S(=O)O)c7F)c6c5)cc4)CC3)CC2)on1. The number of hydrogen-bond donors (Lipinski definition) is 4. The van der Waals surface area contributed by atoms with Crippen LogP contribution in [0.5, 0.6) is 0 Å². The van der Waals surface area contributed by atoms with Gasteiger partial charge in [0.05, 0.1) is 46.0 Å². The molecule has 8 heterocycles. The van der Waals surface area contributed by atoms with E-state index in [0.29, 0.717) is 44.9 Å². The number of aromatic amines is 1. The van der Waals surface area contributed by atoms with E-state index >= 15 is 8.78 Å². The molecular formula is C61H70F3N11O7S2. The number of benzene rings is 3. The first-order chi connectivity index (χ1) is 40.3. The molecule has 23 heteroatoms. The Balaban J connectivity index is 0.677. The molecule has 18 nitrogen and oxygen atoms in total. The predicted molar refractivity (Wildman–Crippen MR) is 316 cm³/mol. The van der Waals surface area contributed by atoms with Crippen LogP contribution in [-0.4, -0.2) is 162 Å². The molecule has 444 valence electrons. The summed E-state index contributed by atoms with van der Waals surface area (Å²) in [5, 5.41) is 19.8. The van der Waals surface area contributed by atoms with Gasteiger partial charge in [0.25, 0.3) is 11.3 Å². The molecule has 6 atom stereocenters. The summed E-state index contributed by atoms with van der Waals surface area (Å²) in [5.74, 6) is -3.87. The minimum absolute atomic E-state index is 0.0291. The van der Waals surface area contributed by atoms with Gasteiger partial charge in [-0.25, -0.2) is 32.4 Å². The normalized spacial score (nSPS) is 20.6. The number of aliphatic hydroxyl groups is 1. The minimum Gasteiger partial charge on any atom is -0.391 e. The lowest BCUT2D eigenvalue weighted by Crippen LogP contribution is -2.54. The largest absolute Gasteiger partial charge is 0.391 e. The van der Waals surface area contributed by atoms with Crippen LogP contribution in [0.15, 0.2) is 95.2 Å². The van der Waals surface area contributed by atoms with E-state index in [-0.39, 0.29) is 55.9 Å². The number of nitrogens with one attached hydrogen (secondary N) is 2. The van der Waals surface area contributed by atoms with E-state index in [1.807, 2.05) is 62.7 Å². The number of carbonyl (C=O) groups excluding carboxylic acids is 3. The number of fused-ring (bicyclic) bond motifs is 1. The van der Waals surface area contributed by atoms with Crippen molar-refractivity contribution in [2.75, 3.05) is 81.3 Å². The van der Waals surface area contributed by atoms with E-state index in [0.717, 1.165) is 104 Å². The van der Waals surface area contributed by atoms with Crippen LogP contribution in [0.2, 0.25) is 0 Å². The van der Waals surface area contributed by atoms with Gasteiger partial charge < -0.3 is 39.5 Å². The first-order valence-electron chi connectivity index (χ1n) is 28.6. The number of nitrogens with zero attached hydrogens (tertiary/aromatic N) is 9. The zero-order valence-corrected chi connectivity index (χ0v) is 49.3. The maximum atomic E-state index is 16.2. The number of rotatable bonds is 18. The average Bonchev–Trinajstić information content (AvgIpc) is 2.82. The number of likely N-dealkylation sites (tertiary alicyclic amines) is 1. The topological polar surface area (TPSA) is 208 Å². The van der Waals surface area contributed by atoms with Crippen LogP contribution in [0, 0.1) is 36.8 Å². The highest BCUT2D eigenvalue weighted by molar-refractivity contribution is 7.80. The maximum Gasteiger partial charge on any atom is 0.277 e. The summed E-state index contributed by atoms with van der Waals surface area (Å²) in [7, 11) is 0. The third kappa shape index (κ3) is 12.3. The number of pyridine rings is 1. The van der Waals surface area contributed by atoms with Gasteiger partial charge in [-0.1, -0.05) is 55.4 Å². The quantitative estimate of drug-likeness (QED) is 0.0468. The van der Waals surface area contributed by atoms with Gasteiger partial charge in [-0.3, -0.25) is 18.9 Å². The summed E-state index contributed by atoms with van der Waals surface area (Å²) in [6.45, 7) is 16.5. The second kappa shape index (κ2) is 24.6. The van der Waals surface area contributed by atoms with E-state index in [9.17, 15) is 32.6 Å². The molecule has 3 aromatic carbocycles. The van der Waals surface area contributed by atoms with E-state index in [2.05, 4.69) is 66.1 Å². The lowest BCUT2D eigenvalue weighted by Gasteiger charge is -2.43. The van der Waals surface area contributed by atoms with Crippen LogP contribution in [0.25, 0.3) is 32.6 Å². The monoisotopic (exact) mass is 1190 g/mol. The molecule has 1 unspecified atom stereocenters. The molecule has 4 aromatic heterocycles. The van der Waals surface area contributed by atoms with Gasteiger partial charge in [-0.15, -0.1) is 11.3 Å². The molecule has 0 spiro atoms. The van der Waals surface area contributed by atoms with E-state index in [4.69, 9.17) is 4.52 Å². The van der Waals surface area contributed by atoms with Crippen molar-refractivity contribution in [2.24, 2.45) is 11.3 Å². The van der Waals surface area contributed by atoms with Crippen LogP contribution < -0.4 is 14.6 Å². The number of H-pyrrole nitrogens is 1. The summed E-state index contributed by atoms with van der Waals surface area (Å²) < 4.78 is 74.5. The van der Waals surface area contributed by atoms with Crippen molar-refractivity contribution in [1.29, 1.82) is 0 Å². The average molecular weight is 1190 g/mol. The highest BCUT2D eigenvalue weighted by Gasteiger charge is 2.48. The number of piperazine rings is 1. The van der Waals surface area contributed by atoms with Crippen molar-refractivity contribution in [3.05, 3.63) is 136 Å². The summed E-state index contributed by atoms with van der Waals surface area (Å²) in [6.07, 6.45) is 3.09. The number of aliphatic hydroxyl groups excluding tert-OH is 1. The first kappa shape index (κ1) is 58.9. The fourth-order valence-electron chi connectivity index (χ4n) is 12.7. The van der Waals surface area contributed by atoms with Crippen molar-refractivity contribution in [3.63, 3.8) is 0 Å². The van der Waals surface area contributed by atoms with Crippen LogP contribution in [0.1, 0.15) is 97.0 Å². The Morgan fingerprint density at radius 2 is 1.62 bits per heavy atom. The number of carbonyl (C=O) groups is 3. The van der Waals surface area contributed by atoms with Gasteiger partial charge >= 0.3 is 0 Å². The molecule has 0 aliphatic carbocycles. The van der Waals surface area contributed by atoms with Crippen LogP contribution in [-0.2, 0) is 20.9 Å². The summed E-state index contributed by atoms with van der Waals surface area (Å²) >= 11 is -1.25. The van der Waals surface area contributed by atoms with E-state index in [1.165, 1.54) is 11.2 Å². The van der Waals surface area contributed by atoms with Crippen molar-refractivity contribution in [3.8, 4) is 21.6 Å². The molecule has 4 aliphatic rings. The second-order valence-corrected chi connectivity index (χ2v) is 25.2. The van der Waals surface area contributed by atoms with Gasteiger partial charge in [-0.2, -0.15) is 4.41 Å². The fraction of sp³-hybridized carbons (Fsp3) is 0.443. The van der Waals surface area contributed by atoms with Crippen molar-refractivity contribution in [1.82, 2.24) is 45.1 Å². The predicted octanol–water partition coefficient (Wildman–Crippen LogP) is 8.85. The lowest BCUT2D eigenvalue weighted by atomic mass is 9.75. The smallest absolute Gasteiger partial charge is 0.277 e. The zero-order chi connectivity index (χ0) is 59.1. The molecule has 0 saturated carbocycles. The number of hydrazine groups is 1. The van der Waals surface area contributed by atoms with Crippen LogP contribution in [0.4, 0.5) is 24.5 Å². The highest BCUT2D eigenvalue weighted by Crippen LogP contribution is 2.41. The summed E-state index contributed by atoms with van der Waals surface area (Å²) in [6, 6.07) is 20.3. The fourth-order valence-corrected chi connectivity index (χ4v) is 14.2. The third-order valence-corrected chi connectivity index (χ3v) is 18.9. The lowest BCUT2D eigenvalue weighted by molar-refractivity contribution is -0.143. The van der Waals surface area contributed by atoms with Crippen molar-refractivity contribution in [2.45, 2.75) is 90.6 Å². The van der Waals surface area contributed by atoms with Gasteiger partial charge in [0.2, 0.25) is 17.6 Å². The number of β-amino-alcohol motifs (C(OH)–C–C–N with tert-alkyl or cyclic N) is 1. The number of amides is 2. The molecule has 11 rings (SSSR count). The second-order valence-electron chi connectivity index (χ2n) is 23.6. The standard InChI is InChI=1S/C61H70F3N11O7S2/c1-36-26-52(82-69-36)54(60(79)74-33-46(76)28-51(74)59(78)68-37(2)40-6-8-42(9-7-40)57-38(3)67-35-83-57)61(4,5)34-71-24-22-70(23-25-71)31-39-16-19-72(20-17-39)45-12-10-41(11-13-45)43-27-47-48(30-66-58(47)65-29-43)56(77)53-49(63)14-15-50(55(53)64)75(84(80)81)73-21-18-44(62)32-73/h6-15,26-27,29-30,35,37,39,44,46,51,54,76H,16-25,28,31-34H2,1-5H3,(H,65,66)(H,68,78)(H,80,81)/t37-,44+,46+,51-,54-/m0/s1. The van der Waals surface area contributed by atoms with Crippen molar-refractivity contribution < 1.29 is 45.9 Å². The number of ketones is 1. The number of aryl methyl sites for hydroxylation is 2. The number of halogens is 3. The van der Waals surface area contributed by atoms with Gasteiger partial charge in [0.1, 0.15) is 41.0 Å². The molecule has 0 radical (unpaired) electrons. The Kier molecular flexibility index (Phi) is 17.3. The Hall–Kier alpha value is -6.86. The Labute approximate surface area is 492 Å². The molecule has 4 fully saturated rings. The molecule has 7 aromatic rings. The van der Waals surface area contributed by atoms with E-state index in [1.54, 1.807) is 34.6 Å². The highest BCUT2D eigenvalue weighted by atomic mass is 32.2. The third-order valence-electron chi connectivity index (χ3n) is 17.2. The maximum absolute atomic E-state index is 16.2. The molecule has 2 amide bonds. The van der Waals surface area contributed by atoms with Crippen molar-refractivity contribution >= 4 is 62.6 Å².